The SMILES string of the molecule is O=C1CC(CNC(=O)c2cnc(Nc3cccc(Cl)c3)cc2C(F)(F)F)CN1. The number of benzene rings is 1. The fourth-order valence-corrected chi connectivity index (χ4v) is 2.98. The Morgan fingerprint density at radius 3 is 2.75 bits per heavy atom. The van der Waals surface area contributed by atoms with Gasteiger partial charge in [-0.15, -0.1) is 0 Å². The molecule has 0 radical (unpaired) electrons. The number of hydrogen-bond acceptors (Lipinski definition) is 4. The van der Waals surface area contributed by atoms with Crippen LogP contribution in [0.3, 0.4) is 0 Å². The van der Waals surface area contributed by atoms with Gasteiger partial charge in [0.1, 0.15) is 5.82 Å². The Labute approximate surface area is 163 Å². The van der Waals surface area contributed by atoms with Gasteiger partial charge in [-0.25, -0.2) is 4.98 Å². The van der Waals surface area contributed by atoms with Crippen molar-refractivity contribution in [2.75, 3.05) is 18.4 Å². The lowest BCUT2D eigenvalue weighted by molar-refractivity contribution is -0.138. The van der Waals surface area contributed by atoms with E-state index in [-0.39, 0.29) is 30.6 Å². The molecular weight excluding hydrogens is 397 g/mol. The van der Waals surface area contributed by atoms with Gasteiger partial charge >= 0.3 is 6.18 Å². The van der Waals surface area contributed by atoms with E-state index >= 15 is 0 Å². The largest absolute Gasteiger partial charge is 0.417 e. The van der Waals surface area contributed by atoms with E-state index in [1.807, 2.05) is 0 Å². The zero-order valence-electron chi connectivity index (χ0n) is 14.4. The van der Waals surface area contributed by atoms with Crippen molar-refractivity contribution in [3.8, 4) is 0 Å². The number of rotatable bonds is 5. The van der Waals surface area contributed by atoms with Crippen molar-refractivity contribution in [3.05, 3.63) is 52.7 Å². The number of nitrogens with one attached hydrogen (secondary N) is 3. The third-order valence-corrected chi connectivity index (χ3v) is 4.40. The summed E-state index contributed by atoms with van der Waals surface area (Å²) < 4.78 is 40.4. The summed E-state index contributed by atoms with van der Waals surface area (Å²) in [6.07, 6.45) is -3.64. The molecule has 28 heavy (non-hydrogen) atoms. The Kier molecular flexibility index (Phi) is 5.73. The number of aromatic nitrogens is 1. The number of halogens is 4. The van der Waals surface area contributed by atoms with E-state index in [2.05, 4.69) is 20.9 Å². The number of amides is 2. The molecule has 1 aliphatic heterocycles. The van der Waals surface area contributed by atoms with E-state index < -0.39 is 23.2 Å². The second kappa shape index (κ2) is 8.05. The zero-order valence-corrected chi connectivity index (χ0v) is 15.2. The number of nitrogens with zero attached hydrogens (tertiary/aromatic N) is 1. The highest BCUT2D eigenvalue weighted by Crippen LogP contribution is 2.33. The van der Waals surface area contributed by atoms with Gasteiger partial charge in [0.25, 0.3) is 5.91 Å². The Morgan fingerprint density at radius 2 is 2.11 bits per heavy atom. The van der Waals surface area contributed by atoms with Gasteiger partial charge in [-0.3, -0.25) is 9.59 Å². The topological polar surface area (TPSA) is 83.1 Å². The molecule has 1 aromatic carbocycles. The first kappa shape index (κ1) is 19.9. The van der Waals surface area contributed by atoms with E-state index in [0.29, 0.717) is 17.3 Å². The third-order valence-electron chi connectivity index (χ3n) is 4.16. The Bertz CT molecular complexity index is 905. The van der Waals surface area contributed by atoms with Crippen molar-refractivity contribution >= 4 is 34.9 Å². The Balaban J connectivity index is 1.78. The minimum absolute atomic E-state index is 0.0725. The van der Waals surface area contributed by atoms with Gasteiger partial charge < -0.3 is 16.0 Å². The molecule has 0 bridgehead atoms. The molecule has 1 fully saturated rings. The van der Waals surface area contributed by atoms with Crippen LogP contribution >= 0.6 is 11.6 Å². The van der Waals surface area contributed by atoms with Crippen molar-refractivity contribution in [2.24, 2.45) is 5.92 Å². The molecule has 148 valence electrons. The maximum Gasteiger partial charge on any atom is 0.417 e. The molecule has 2 amide bonds. The number of pyridine rings is 1. The molecule has 2 heterocycles. The smallest absolute Gasteiger partial charge is 0.356 e. The van der Waals surface area contributed by atoms with Crippen LogP contribution in [-0.2, 0) is 11.0 Å². The number of carbonyl (C=O) groups is 2. The standard InChI is InChI=1S/C18H16ClF3N4O2/c19-11-2-1-3-12(5-11)26-15-6-14(18(20,21)22)13(9-23-15)17(28)25-8-10-4-16(27)24-7-10/h1-3,5-6,9-10H,4,7-8H2,(H,23,26)(H,24,27)(H,25,28). The number of alkyl halides is 3. The molecule has 2 aromatic rings. The molecule has 1 aromatic heterocycles. The second-order valence-electron chi connectivity index (χ2n) is 6.33. The molecule has 1 atom stereocenters. The van der Waals surface area contributed by atoms with E-state index in [1.165, 1.54) is 6.07 Å². The molecular formula is C18H16ClF3N4O2. The van der Waals surface area contributed by atoms with Gasteiger partial charge in [0.2, 0.25) is 5.91 Å². The lowest BCUT2D eigenvalue weighted by Gasteiger charge is -2.15. The quantitative estimate of drug-likeness (QED) is 0.703. The average Bonchev–Trinajstić information content (AvgIpc) is 3.04. The van der Waals surface area contributed by atoms with Gasteiger partial charge in [0, 0.05) is 42.3 Å². The molecule has 0 aliphatic carbocycles. The Hall–Kier alpha value is -2.81. The van der Waals surface area contributed by atoms with Crippen LogP contribution in [0.4, 0.5) is 24.7 Å². The average molecular weight is 413 g/mol. The van der Waals surface area contributed by atoms with Crippen molar-refractivity contribution in [1.82, 2.24) is 15.6 Å². The summed E-state index contributed by atoms with van der Waals surface area (Å²) in [5, 5.41) is 8.19. The first-order valence-electron chi connectivity index (χ1n) is 8.37. The van der Waals surface area contributed by atoms with Crippen LogP contribution in [0.5, 0.6) is 0 Å². The number of anilines is 2. The van der Waals surface area contributed by atoms with Crippen LogP contribution in [0, 0.1) is 5.92 Å². The van der Waals surface area contributed by atoms with Crippen LogP contribution in [0.1, 0.15) is 22.3 Å². The predicted molar refractivity (Wildman–Crippen MR) is 97.4 cm³/mol. The summed E-state index contributed by atoms with van der Waals surface area (Å²) in [4.78, 5) is 27.3. The van der Waals surface area contributed by atoms with Crippen molar-refractivity contribution in [1.29, 1.82) is 0 Å². The lowest BCUT2D eigenvalue weighted by atomic mass is 10.1. The van der Waals surface area contributed by atoms with E-state index in [4.69, 9.17) is 11.6 Å². The van der Waals surface area contributed by atoms with Crippen molar-refractivity contribution < 1.29 is 22.8 Å². The van der Waals surface area contributed by atoms with Gasteiger partial charge in [0.05, 0.1) is 11.1 Å². The molecule has 1 aliphatic rings. The minimum Gasteiger partial charge on any atom is -0.356 e. The summed E-state index contributed by atoms with van der Waals surface area (Å²) in [6, 6.07) is 7.20. The van der Waals surface area contributed by atoms with Gasteiger partial charge in [-0.05, 0) is 24.3 Å². The zero-order chi connectivity index (χ0) is 20.3. The van der Waals surface area contributed by atoms with Crippen LogP contribution in [0.2, 0.25) is 5.02 Å². The van der Waals surface area contributed by atoms with E-state index in [1.54, 1.807) is 18.2 Å². The fourth-order valence-electron chi connectivity index (χ4n) is 2.79. The van der Waals surface area contributed by atoms with Crippen LogP contribution in [0.25, 0.3) is 0 Å². The van der Waals surface area contributed by atoms with E-state index in [0.717, 1.165) is 12.3 Å². The molecule has 3 N–H and O–H groups in total. The molecule has 1 unspecified atom stereocenters. The first-order chi connectivity index (χ1) is 13.2. The number of hydrogen-bond donors (Lipinski definition) is 3. The molecule has 1 saturated heterocycles. The molecule has 0 saturated carbocycles. The van der Waals surface area contributed by atoms with E-state index in [9.17, 15) is 22.8 Å². The maximum atomic E-state index is 13.5. The molecule has 3 rings (SSSR count). The summed E-state index contributed by atoms with van der Waals surface area (Å²) in [6.45, 7) is 0.476. The number of carbonyl (C=O) groups excluding carboxylic acids is 2. The van der Waals surface area contributed by atoms with Crippen molar-refractivity contribution in [3.63, 3.8) is 0 Å². The predicted octanol–water partition coefficient (Wildman–Crippen LogP) is 3.36. The molecule has 0 spiro atoms. The normalized spacial score (nSPS) is 16.6. The van der Waals surface area contributed by atoms with Gasteiger partial charge in [-0.1, -0.05) is 17.7 Å². The summed E-state index contributed by atoms with van der Waals surface area (Å²) in [5.74, 6) is -1.26. The third kappa shape index (κ3) is 4.92. The van der Waals surface area contributed by atoms with Gasteiger partial charge in [-0.2, -0.15) is 13.2 Å². The second-order valence-corrected chi connectivity index (χ2v) is 6.77. The summed E-state index contributed by atoms with van der Waals surface area (Å²) >= 11 is 5.86. The summed E-state index contributed by atoms with van der Waals surface area (Å²) in [5.41, 5.74) is -1.23. The fraction of sp³-hybridized carbons (Fsp3) is 0.278. The monoisotopic (exact) mass is 412 g/mol. The van der Waals surface area contributed by atoms with Gasteiger partial charge in [0.15, 0.2) is 0 Å². The van der Waals surface area contributed by atoms with Crippen LogP contribution < -0.4 is 16.0 Å². The highest BCUT2D eigenvalue weighted by Gasteiger charge is 2.36. The van der Waals surface area contributed by atoms with Crippen LogP contribution in [-0.4, -0.2) is 29.9 Å². The molecule has 10 heteroatoms. The van der Waals surface area contributed by atoms with Crippen molar-refractivity contribution in [2.45, 2.75) is 12.6 Å². The highest BCUT2D eigenvalue weighted by atomic mass is 35.5. The first-order valence-corrected chi connectivity index (χ1v) is 8.75. The summed E-state index contributed by atoms with van der Waals surface area (Å²) in [7, 11) is 0. The molecule has 6 nitrogen and oxygen atoms in total. The maximum absolute atomic E-state index is 13.5. The lowest BCUT2D eigenvalue weighted by Crippen LogP contribution is -2.32. The Morgan fingerprint density at radius 1 is 1.32 bits per heavy atom. The highest BCUT2D eigenvalue weighted by molar-refractivity contribution is 6.30. The van der Waals surface area contributed by atoms with Crippen LogP contribution in [0.15, 0.2) is 36.5 Å². The minimum atomic E-state index is -4.74.